The van der Waals surface area contributed by atoms with Gasteiger partial charge in [0.1, 0.15) is 0 Å². The largest absolute Gasteiger partial charge is 0.326 e. The van der Waals surface area contributed by atoms with E-state index in [1.165, 1.54) is 12.1 Å². The lowest BCUT2D eigenvalue weighted by Gasteiger charge is -2.06. The van der Waals surface area contributed by atoms with Gasteiger partial charge in [-0.15, -0.1) is 0 Å². The van der Waals surface area contributed by atoms with Crippen LogP contribution in [0.15, 0.2) is 35.8 Å². The third-order valence-corrected chi connectivity index (χ3v) is 2.06. The number of nitrogens with zero attached hydrogens (tertiary/aromatic N) is 1. The van der Waals surface area contributed by atoms with Crippen LogP contribution in [0.1, 0.15) is 5.56 Å². The lowest BCUT2D eigenvalue weighted by molar-refractivity contribution is -0.115. The summed E-state index contributed by atoms with van der Waals surface area (Å²) in [5.41, 5.74) is 1.58. The van der Waals surface area contributed by atoms with Crippen molar-refractivity contribution in [2.24, 2.45) is 4.99 Å². The molecule has 0 saturated carbocycles. The minimum absolute atomic E-state index is 0.401. The summed E-state index contributed by atoms with van der Waals surface area (Å²) in [6.07, 6.45) is 2.41. The molecule has 0 spiro atoms. The Morgan fingerprint density at radius 2 is 2.17 bits per heavy atom. The maximum Gasteiger partial charge on any atom is 0.326 e. The summed E-state index contributed by atoms with van der Waals surface area (Å²) >= 11 is 0. The van der Waals surface area contributed by atoms with Crippen molar-refractivity contribution in [3.05, 3.63) is 36.4 Å². The Hall–Kier alpha value is -2.72. The van der Waals surface area contributed by atoms with E-state index >= 15 is 0 Å². The van der Waals surface area contributed by atoms with Gasteiger partial charge in [0.05, 0.1) is 5.69 Å². The summed E-state index contributed by atoms with van der Waals surface area (Å²) in [5.74, 6) is -0.606. The third-order valence-electron chi connectivity index (χ3n) is 2.06. The molecule has 3 amide bonds. The van der Waals surface area contributed by atoms with Crippen LogP contribution in [0, 0.1) is 6.92 Å². The van der Waals surface area contributed by atoms with Crippen molar-refractivity contribution in [2.75, 3.05) is 5.32 Å². The molecule has 0 aromatic heterocycles. The van der Waals surface area contributed by atoms with Crippen LogP contribution in [-0.4, -0.2) is 18.0 Å². The standard InChI is InChI=1S/C12H11N3O3/c1-3-11(17)15-12(18)14-9-5-4-8(2)10(6-9)13-7-16/h3-6H,1H2,2H3,(H2,14,15,17,18). The van der Waals surface area contributed by atoms with Gasteiger partial charge in [0, 0.05) is 5.69 Å². The van der Waals surface area contributed by atoms with Crippen LogP contribution in [0.3, 0.4) is 0 Å². The molecule has 6 nitrogen and oxygen atoms in total. The topological polar surface area (TPSA) is 87.6 Å². The van der Waals surface area contributed by atoms with Crippen molar-refractivity contribution in [1.82, 2.24) is 5.32 Å². The van der Waals surface area contributed by atoms with Crippen molar-refractivity contribution in [1.29, 1.82) is 0 Å². The summed E-state index contributed by atoms with van der Waals surface area (Å²) in [7, 11) is 0. The smallest absolute Gasteiger partial charge is 0.308 e. The second-order valence-electron chi connectivity index (χ2n) is 3.35. The fourth-order valence-corrected chi connectivity index (χ4v) is 1.18. The normalized spacial score (nSPS) is 8.94. The molecule has 0 fully saturated rings. The van der Waals surface area contributed by atoms with Crippen LogP contribution in [0.2, 0.25) is 0 Å². The molecule has 18 heavy (non-hydrogen) atoms. The maximum atomic E-state index is 11.3. The molecule has 1 aromatic rings. The molecule has 1 rings (SSSR count). The molecule has 0 saturated heterocycles. The van der Waals surface area contributed by atoms with Gasteiger partial charge in [0.2, 0.25) is 6.08 Å². The molecular formula is C12H11N3O3. The van der Waals surface area contributed by atoms with Gasteiger partial charge in [0.15, 0.2) is 0 Å². The minimum Gasteiger partial charge on any atom is -0.308 e. The summed E-state index contributed by atoms with van der Waals surface area (Å²) < 4.78 is 0. The van der Waals surface area contributed by atoms with Gasteiger partial charge in [-0.25, -0.2) is 9.59 Å². The lowest BCUT2D eigenvalue weighted by Crippen LogP contribution is -2.32. The first-order valence-corrected chi connectivity index (χ1v) is 4.99. The van der Waals surface area contributed by atoms with Crippen molar-refractivity contribution in [3.8, 4) is 0 Å². The summed E-state index contributed by atoms with van der Waals surface area (Å²) in [6, 6.07) is 4.11. The van der Waals surface area contributed by atoms with Crippen molar-refractivity contribution < 1.29 is 14.4 Å². The third kappa shape index (κ3) is 3.70. The molecule has 0 bridgehead atoms. The molecule has 0 atom stereocenters. The monoisotopic (exact) mass is 245 g/mol. The second-order valence-corrected chi connectivity index (χ2v) is 3.35. The van der Waals surface area contributed by atoms with E-state index in [1.54, 1.807) is 19.1 Å². The average Bonchev–Trinajstić information content (AvgIpc) is 2.33. The number of anilines is 1. The van der Waals surface area contributed by atoms with Crippen LogP contribution in [0.25, 0.3) is 0 Å². The number of amides is 3. The van der Waals surface area contributed by atoms with Gasteiger partial charge >= 0.3 is 6.03 Å². The second kappa shape index (κ2) is 6.12. The fraction of sp³-hybridized carbons (Fsp3) is 0.0833. The Labute approximate surface area is 103 Å². The highest BCUT2D eigenvalue weighted by Crippen LogP contribution is 2.22. The highest BCUT2D eigenvalue weighted by atomic mass is 16.2. The molecular weight excluding hydrogens is 234 g/mol. The highest BCUT2D eigenvalue weighted by molar-refractivity contribution is 6.05. The van der Waals surface area contributed by atoms with Crippen molar-refractivity contribution >= 4 is 29.4 Å². The molecule has 0 aliphatic rings. The van der Waals surface area contributed by atoms with Crippen LogP contribution in [0.4, 0.5) is 16.2 Å². The number of carbonyl (C=O) groups is 2. The Balaban J connectivity index is 2.82. The van der Waals surface area contributed by atoms with E-state index in [9.17, 15) is 14.4 Å². The number of benzene rings is 1. The van der Waals surface area contributed by atoms with Crippen LogP contribution in [-0.2, 0) is 9.59 Å². The molecule has 0 radical (unpaired) electrons. The molecule has 0 aliphatic carbocycles. The zero-order valence-corrected chi connectivity index (χ0v) is 9.69. The lowest BCUT2D eigenvalue weighted by atomic mass is 10.2. The van der Waals surface area contributed by atoms with E-state index in [-0.39, 0.29) is 0 Å². The Morgan fingerprint density at radius 1 is 1.44 bits per heavy atom. The zero-order valence-electron chi connectivity index (χ0n) is 9.69. The average molecular weight is 245 g/mol. The van der Waals surface area contributed by atoms with Crippen LogP contribution < -0.4 is 10.6 Å². The number of hydrogen-bond donors (Lipinski definition) is 2. The molecule has 6 heteroatoms. The molecule has 0 aliphatic heterocycles. The predicted octanol–water partition coefficient (Wildman–Crippen LogP) is 1.80. The van der Waals surface area contributed by atoms with Crippen LogP contribution >= 0.6 is 0 Å². The number of carbonyl (C=O) groups excluding carboxylic acids is 3. The van der Waals surface area contributed by atoms with Gasteiger partial charge in [-0.3, -0.25) is 10.1 Å². The first-order valence-electron chi connectivity index (χ1n) is 4.99. The number of urea groups is 1. The fourth-order valence-electron chi connectivity index (χ4n) is 1.18. The van der Waals surface area contributed by atoms with Gasteiger partial charge in [0.25, 0.3) is 5.91 Å². The minimum atomic E-state index is -0.690. The summed E-state index contributed by atoms with van der Waals surface area (Å²) in [6.45, 7) is 4.99. The van der Waals surface area contributed by atoms with Gasteiger partial charge < -0.3 is 5.32 Å². The predicted molar refractivity (Wildman–Crippen MR) is 66.3 cm³/mol. The number of hydrogen-bond acceptors (Lipinski definition) is 4. The molecule has 2 N–H and O–H groups in total. The van der Waals surface area contributed by atoms with Gasteiger partial charge in [-0.05, 0) is 30.7 Å². The summed E-state index contributed by atoms with van der Waals surface area (Å²) in [4.78, 5) is 35.9. The number of isocyanates is 1. The van der Waals surface area contributed by atoms with E-state index < -0.39 is 11.9 Å². The van der Waals surface area contributed by atoms with Gasteiger partial charge in [-0.1, -0.05) is 12.6 Å². The maximum absolute atomic E-state index is 11.3. The zero-order chi connectivity index (χ0) is 13.5. The van der Waals surface area contributed by atoms with E-state index in [0.717, 1.165) is 11.6 Å². The van der Waals surface area contributed by atoms with Crippen molar-refractivity contribution in [2.45, 2.75) is 6.92 Å². The molecule has 0 unspecified atom stereocenters. The van der Waals surface area contributed by atoms with E-state index in [1.807, 2.05) is 5.32 Å². The first-order chi connectivity index (χ1) is 8.56. The summed E-state index contributed by atoms with van der Waals surface area (Å²) in [5, 5.41) is 4.45. The van der Waals surface area contributed by atoms with Gasteiger partial charge in [-0.2, -0.15) is 4.99 Å². The highest BCUT2D eigenvalue weighted by Gasteiger charge is 2.06. The van der Waals surface area contributed by atoms with Crippen LogP contribution in [0.5, 0.6) is 0 Å². The Morgan fingerprint density at radius 3 is 2.78 bits per heavy atom. The van der Waals surface area contributed by atoms with Crippen molar-refractivity contribution in [3.63, 3.8) is 0 Å². The number of rotatable bonds is 3. The number of nitrogens with one attached hydrogen (secondary N) is 2. The Kier molecular flexibility index (Phi) is 4.54. The number of imide groups is 1. The van der Waals surface area contributed by atoms with E-state index in [2.05, 4.69) is 16.9 Å². The molecule has 1 aromatic carbocycles. The van der Waals surface area contributed by atoms with E-state index in [4.69, 9.17) is 0 Å². The molecule has 0 heterocycles. The molecule has 92 valence electrons. The first kappa shape index (κ1) is 13.3. The number of aryl methyl sites for hydroxylation is 1. The SMILES string of the molecule is C=CC(=O)NC(=O)Nc1ccc(C)c(N=C=O)c1. The quantitative estimate of drug-likeness (QED) is 0.483. The van der Waals surface area contributed by atoms with E-state index in [0.29, 0.717) is 11.4 Å². The number of aliphatic imine (C=N–C) groups is 1. The Bertz CT molecular complexity index is 545.